The summed E-state index contributed by atoms with van der Waals surface area (Å²) in [5, 5.41) is 8.81. The summed E-state index contributed by atoms with van der Waals surface area (Å²) < 4.78 is 4.87. The Labute approximate surface area is 136 Å². The van der Waals surface area contributed by atoms with E-state index in [2.05, 4.69) is 18.8 Å². The van der Waals surface area contributed by atoms with Gasteiger partial charge < -0.3 is 9.84 Å². The molecule has 0 heterocycles. The van der Waals surface area contributed by atoms with E-state index in [0.717, 1.165) is 19.3 Å². The number of aliphatic carboxylic acids is 1. The number of ether oxygens (including phenoxy) is 1. The molecule has 0 aliphatic carbocycles. The molecule has 0 aromatic carbocycles. The summed E-state index contributed by atoms with van der Waals surface area (Å²) in [6, 6.07) is 0. The van der Waals surface area contributed by atoms with Crippen LogP contribution in [-0.2, 0) is 9.53 Å². The van der Waals surface area contributed by atoms with E-state index in [9.17, 15) is 4.79 Å². The maximum Gasteiger partial charge on any atom is 0.332 e. The number of hydrogen-bond donors (Lipinski definition) is 1. The highest BCUT2D eigenvalue weighted by Crippen LogP contribution is 2.08. The number of hydrogen-bond acceptors (Lipinski definition) is 2. The molecule has 0 saturated heterocycles. The average Bonchev–Trinajstić information content (AvgIpc) is 2.51. The van der Waals surface area contributed by atoms with Crippen LogP contribution in [-0.4, -0.2) is 24.3 Å². The molecule has 0 fully saturated rings. The Balaban J connectivity index is 3.45. The third-order valence-corrected chi connectivity index (χ3v) is 3.61. The van der Waals surface area contributed by atoms with E-state index in [0.29, 0.717) is 6.42 Å². The number of carboxylic acids is 1. The Hall–Kier alpha value is -1.27. The molecule has 0 bridgehead atoms. The zero-order valence-electron chi connectivity index (χ0n) is 14.3. The van der Waals surface area contributed by atoms with Gasteiger partial charge in [0.2, 0.25) is 0 Å². The lowest BCUT2D eigenvalue weighted by Gasteiger charge is -2.08. The average molecular weight is 308 g/mol. The summed E-state index contributed by atoms with van der Waals surface area (Å²) in [6.07, 6.45) is 15.6. The second-order valence-corrected chi connectivity index (χ2v) is 5.59. The highest BCUT2D eigenvalue weighted by atomic mass is 16.5. The molecule has 126 valence electrons. The minimum atomic E-state index is -0.888. The molecule has 0 aromatic rings. The Kier molecular flexibility index (Phi) is 15.2. The summed E-state index contributed by atoms with van der Waals surface area (Å²) in [6.45, 7) is 2.24. The van der Waals surface area contributed by atoms with E-state index in [-0.39, 0.29) is 0 Å². The lowest BCUT2D eigenvalue weighted by molar-refractivity contribution is -0.148. The highest BCUT2D eigenvalue weighted by Gasteiger charge is 2.14. The fraction of sp³-hybridized carbons (Fsp3) is 0.737. The van der Waals surface area contributed by atoms with Crippen LogP contribution in [0, 0.1) is 11.8 Å². The maximum atomic E-state index is 10.7. The van der Waals surface area contributed by atoms with Crippen LogP contribution in [0.3, 0.4) is 0 Å². The number of allylic oxidation sites excluding steroid dienone is 2. The summed E-state index contributed by atoms with van der Waals surface area (Å²) in [7, 11) is 1.43. The normalized spacial score (nSPS) is 12.1. The summed E-state index contributed by atoms with van der Waals surface area (Å²) >= 11 is 0. The first-order valence-corrected chi connectivity index (χ1v) is 8.61. The van der Waals surface area contributed by atoms with E-state index in [4.69, 9.17) is 9.84 Å². The first-order valence-electron chi connectivity index (χ1n) is 8.61. The smallest absolute Gasteiger partial charge is 0.332 e. The molecule has 0 radical (unpaired) electrons. The zero-order chi connectivity index (χ0) is 16.5. The third kappa shape index (κ3) is 13.7. The molecule has 1 unspecified atom stereocenters. The Morgan fingerprint density at radius 1 is 1.14 bits per heavy atom. The van der Waals surface area contributed by atoms with E-state index >= 15 is 0 Å². The standard InChI is InChI=1S/C19H32O3/c1-3-4-5-6-7-8-9-10-11-12-13-14-15-16-17-18(22-2)19(20)21/h13-14,18H,3-10,15-17H2,1-2H3,(H,20,21). The first kappa shape index (κ1) is 20.7. The van der Waals surface area contributed by atoms with Crippen LogP contribution < -0.4 is 0 Å². The number of carboxylic acid groups (broad SMARTS) is 1. The van der Waals surface area contributed by atoms with Crippen molar-refractivity contribution in [3.8, 4) is 11.8 Å². The molecule has 0 amide bonds. The van der Waals surface area contributed by atoms with Gasteiger partial charge in [0.25, 0.3) is 0 Å². The van der Waals surface area contributed by atoms with Gasteiger partial charge in [0, 0.05) is 13.5 Å². The van der Waals surface area contributed by atoms with Gasteiger partial charge in [-0.15, -0.1) is 0 Å². The molecular weight excluding hydrogens is 276 g/mol. The van der Waals surface area contributed by atoms with Crippen molar-refractivity contribution in [1.82, 2.24) is 0 Å². The zero-order valence-corrected chi connectivity index (χ0v) is 14.3. The van der Waals surface area contributed by atoms with Gasteiger partial charge in [-0.1, -0.05) is 63.4 Å². The largest absolute Gasteiger partial charge is 0.479 e. The van der Waals surface area contributed by atoms with Gasteiger partial charge in [0.15, 0.2) is 6.10 Å². The Bertz CT molecular complexity index is 349. The predicted molar refractivity (Wildman–Crippen MR) is 91.8 cm³/mol. The van der Waals surface area contributed by atoms with Crippen LogP contribution >= 0.6 is 0 Å². The van der Waals surface area contributed by atoms with Crippen molar-refractivity contribution < 1.29 is 14.6 Å². The molecule has 0 spiro atoms. The number of rotatable bonds is 13. The predicted octanol–water partition coefficient (Wildman–Crippen LogP) is 4.96. The lowest BCUT2D eigenvalue weighted by Crippen LogP contribution is -2.21. The van der Waals surface area contributed by atoms with Crippen LogP contribution in [0.5, 0.6) is 0 Å². The molecule has 3 heteroatoms. The molecular formula is C19H32O3. The van der Waals surface area contributed by atoms with Crippen molar-refractivity contribution in [2.24, 2.45) is 0 Å². The first-order chi connectivity index (χ1) is 10.7. The summed E-state index contributed by atoms with van der Waals surface area (Å²) in [5.74, 6) is 5.32. The molecule has 0 saturated carbocycles. The van der Waals surface area contributed by atoms with Gasteiger partial charge in [-0.2, -0.15) is 0 Å². The molecule has 0 aliphatic heterocycles. The second kappa shape index (κ2) is 16.1. The fourth-order valence-electron chi connectivity index (χ4n) is 2.21. The van der Waals surface area contributed by atoms with Gasteiger partial charge in [-0.3, -0.25) is 0 Å². The second-order valence-electron chi connectivity index (χ2n) is 5.59. The SMILES string of the molecule is CCCCCCCCCC#CC=CCCCC(OC)C(=O)O. The molecule has 0 aromatic heterocycles. The van der Waals surface area contributed by atoms with Crippen molar-refractivity contribution in [2.75, 3.05) is 7.11 Å². The summed E-state index contributed by atoms with van der Waals surface area (Å²) in [4.78, 5) is 10.7. The van der Waals surface area contributed by atoms with Gasteiger partial charge in [-0.25, -0.2) is 4.79 Å². The van der Waals surface area contributed by atoms with Gasteiger partial charge in [-0.05, 0) is 31.8 Å². The van der Waals surface area contributed by atoms with E-state index in [1.807, 2.05) is 12.2 Å². The quantitative estimate of drug-likeness (QED) is 0.386. The van der Waals surface area contributed by atoms with Gasteiger partial charge >= 0.3 is 5.97 Å². The minimum Gasteiger partial charge on any atom is -0.479 e. The minimum absolute atomic E-state index is 0.543. The van der Waals surface area contributed by atoms with Crippen LogP contribution in [0.2, 0.25) is 0 Å². The monoisotopic (exact) mass is 308 g/mol. The van der Waals surface area contributed by atoms with E-state index < -0.39 is 12.1 Å². The molecule has 0 rings (SSSR count). The van der Waals surface area contributed by atoms with Crippen LogP contribution in [0.25, 0.3) is 0 Å². The number of unbranched alkanes of at least 4 members (excludes halogenated alkanes) is 8. The van der Waals surface area contributed by atoms with Crippen molar-refractivity contribution in [1.29, 1.82) is 0 Å². The Morgan fingerprint density at radius 3 is 2.45 bits per heavy atom. The lowest BCUT2D eigenvalue weighted by atomic mass is 10.1. The highest BCUT2D eigenvalue weighted by molar-refractivity contribution is 5.72. The van der Waals surface area contributed by atoms with E-state index in [1.165, 1.54) is 52.1 Å². The topological polar surface area (TPSA) is 46.5 Å². The molecule has 3 nitrogen and oxygen atoms in total. The summed E-state index contributed by atoms with van der Waals surface area (Å²) in [5.41, 5.74) is 0. The van der Waals surface area contributed by atoms with Crippen molar-refractivity contribution in [3.05, 3.63) is 12.2 Å². The van der Waals surface area contributed by atoms with Crippen LogP contribution in [0.4, 0.5) is 0 Å². The number of methoxy groups -OCH3 is 1. The fourth-order valence-corrected chi connectivity index (χ4v) is 2.21. The number of carbonyl (C=O) groups is 1. The van der Waals surface area contributed by atoms with Crippen LogP contribution in [0.15, 0.2) is 12.2 Å². The van der Waals surface area contributed by atoms with Crippen molar-refractivity contribution >= 4 is 5.97 Å². The molecule has 22 heavy (non-hydrogen) atoms. The van der Waals surface area contributed by atoms with Crippen LogP contribution in [0.1, 0.15) is 77.6 Å². The molecule has 1 atom stereocenters. The maximum absolute atomic E-state index is 10.7. The van der Waals surface area contributed by atoms with Gasteiger partial charge in [0.05, 0.1) is 0 Å². The van der Waals surface area contributed by atoms with Crippen molar-refractivity contribution in [3.63, 3.8) is 0 Å². The third-order valence-electron chi connectivity index (χ3n) is 3.61. The van der Waals surface area contributed by atoms with Gasteiger partial charge in [0.1, 0.15) is 0 Å². The van der Waals surface area contributed by atoms with E-state index in [1.54, 1.807) is 0 Å². The molecule has 0 aliphatic rings. The molecule has 1 N–H and O–H groups in total. The van der Waals surface area contributed by atoms with Crippen molar-refractivity contribution in [2.45, 2.75) is 83.7 Å². The Morgan fingerprint density at radius 2 is 1.82 bits per heavy atom.